The van der Waals surface area contributed by atoms with Crippen LogP contribution < -0.4 is 0 Å². The van der Waals surface area contributed by atoms with E-state index in [4.69, 9.17) is 36.3 Å². The standard InChI is InChI=1S/4ClH.2Mg.4H2O/h4*1H;;;4*1H2/q;;;;2*+2;;;;/p-4. The van der Waals surface area contributed by atoms with Crippen molar-refractivity contribution in [3.8, 4) is 0 Å². The van der Waals surface area contributed by atoms with E-state index in [0.29, 0.717) is 0 Å². The molecule has 0 aromatic rings. The third-order valence-electron chi connectivity index (χ3n) is 0. The second-order valence-corrected chi connectivity index (χ2v) is 5.45. The van der Waals surface area contributed by atoms with Crippen molar-refractivity contribution in [3.05, 3.63) is 0 Å². The van der Waals surface area contributed by atoms with Gasteiger partial charge < -0.3 is 58.2 Å². The molecule has 10 heavy (non-hydrogen) atoms. The molecule has 0 saturated carbocycles. The van der Waals surface area contributed by atoms with Gasteiger partial charge in [0, 0.05) is 0 Å². The molecule has 0 aromatic carbocycles. The molecule has 0 amide bonds. The Morgan fingerprint density at radius 1 is 0.500 bits per heavy atom. The molecule has 0 unspecified atom stereocenters. The Hall–Kier alpha value is 2.53. The molecule has 0 aliphatic heterocycles. The van der Waals surface area contributed by atoms with Gasteiger partial charge in [0.15, 0.2) is 0 Å². The maximum absolute atomic E-state index is 4.90. The summed E-state index contributed by atoms with van der Waals surface area (Å²) in [6.07, 6.45) is 0. The van der Waals surface area contributed by atoms with E-state index in [1.807, 2.05) is 0 Å². The van der Waals surface area contributed by atoms with Gasteiger partial charge in [-0.05, 0) is 0 Å². The Kier molecular flexibility index (Phi) is 243. The first-order chi connectivity index (χ1) is 2.83. The highest BCUT2D eigenvalue weighted by atomic mass is 35.6. The molecule has 0 bridgehead atoms. The maximum Gasteiger partial charge on any atom is 0.618 e. The van der Waals surface area contributed by atoms with Crippen molar-refractivity contribution in [1.29, 1.82) is 0 Å². The quantitative estimate of drug-likeness (QED) is 0.481. The van der Waals surface area contributed by atoms with Crippen LogP contribution in [0.1, 0.15) is 0 Å². The zero-order valence-corrected chi connectivity index (χ0v) is 10.8. The molecule has 0 aliphatic carbocycles. The zero-order valence-electron chi connectivity index (χ0n) is 4.93. The maximum atomic E-state index is 4.90. The van der Waals surface area contributed by atoms with E-state index in [1.54, 1.807) is 0 Å². The normalized spacial score (nSPS) is 2.00. The molecule has 0 aromatic heterocycles. The van der Waals surface area contributed by atoms with E-state index in [1.165, 1.54) is 0 Å². The van der Waals surface area contributed by atoms with Crippen LogP contribution in [0.2, 0.25) is 0 Å². The SMILES string of the molecule is O.O.O.O.[Cl][Mg][Cl].[Cl][Mg][Cl]. The van der Waals surface area contributed by atoms with Gasteiger partial charge >= 0.3 is 36.3 Å². The van der Waals surface area contributed by atoms with Crippen molar-refractivity contribution in [2.45, 2.75) is 0 Å². The summed E-state index contributed by atoms with van der Waals surface area (Å²) < 4.78 is 0. The second kappa shape index (κ2) is 62.3. The molecule has 0 heterocycles. The fourth-order valence-corrected chi connectivity index (χ4v) is 0. The average molecular weight is 262 g/mol. The summed E-state index contributed by atoms with van der Waals surface area (Å²) in [6.45, 7) is 0. The summed E-state index contributed by atoms with van der Waals surface area (Å²) in [4.78, 5) is 0. The van der Waals surface area contributed by atoms with Gasteiger partial charge in [0.25, 0.3) is 0 Å². The number of hydrogen-bond acceptors (Lipinski definition) is 0. The van der Waals surface area contributed by atoms with Crippen LogP contribution in [-0.4, -0.2) is 58.2 Å². The van der Waals surface area contributed by atoms with Crippen LogP contribution >= 0.6 is 36.3 Å². The summed E-state index contributed by atoms with van der Waals surface area (Å²) in [6, 6.07) is 0. The molecular formula is H8Cl4Mg2O4. The lowest BCUT2D eigenvalue weighted by molar-refractivity contribution is 0.823. The van der Waals surface area contributed by atoms with Gasteiger partial charge in [-0.3, -0.25) is 0 Å². The fraction of sp³-hybridized carbons (Fsp3) is 0. The highest BCUT2D eigenvalue weighted by Crippen LogP contribution is 1.67. The van der Waals surface area contributed by atoms with Crippen molar-refractivity contribution in [3.63, 3.8) is 0 Å². The minimum Gasteiger partial charge on any atom is -0.412 e. The van der Waals surface area contributed by atoms with Crippen molar-refractivity contribution in [1.82, 2.24) is 0 Å². The van der Waals surface area contributed by atoms with Crippen LogP contribution in [0.5, 0.6) is 0 Å². The molecule has 64 valence electrons. The van der Waals surface area contributed by atoms with Crippen molar-refractivity contribution < 1.29 is 21.9 Å². The first-order valence-electron chi connectivity index (χ1n) is 1.07. The third kappa shape index (κ3) is 149. The molecule has 4 nitrogen and oxygen atoms in total. The summed E-state index contributed by atoms with van der Waals surface area (Å²) in [5, 5.41) is 0. The van der Waals surface area contributed by atoms with Crippen molar-refractivity contribution >= 4 is 72.6 Å². The van der Waals surface area contributed by atoms with Crippen LogP contribution in [0.15, 0.2) is 0 Å². The van der Waals surface area contributed by atoms with E-state index in [9.17, 15) is 0 Å². The van der Waals surface area contributed by atoms with E-state index in [-0.39, 0.29) is 21.9 Å². The molecule has 0 spiro atoms. The number of rotatable bonds is 0. The van der Waals surface area contributed by atoms with Crippen LogP contribution in [0, 0.1) is 0 Å². The smallest absolute Gasteiger partial charge is 0.412 e. The largest absolute Gasteiger partial charge is 0.618 e. The topological polar surface area (TPSA) is 126 Å². The Bertz CT molecular complexity index is 17.2. The van der Waals surface area contributed by atoms with E-state index < -0.39 is 36.3 Å². The summed E-state index contributed by atoms with van der Waals surface area (Å²) in [5.41, 5.74) is 0. The van der Waals surface area contributed by atoms with Crippen molar-refractivity contribution in [2.75, 3.05) is 0 Å². The molecule has 0 radical (unpaired) electrons. The first-order valence-corrected chi connectivity index (χ1v) is 9.62. The van der Waals surface area contributed by atoms with Gasteiger partial charge in [-0.15, -0.1) is 0 Å². The van der Waals surface area contributed by atoms with Gasteiger partial charge in [0.1, 0.15) is 0 Å². The molecule has 10 heteroatoms. The lowest BCUT2D eigenvalue weighted by Crippen LogP contribution is -1.36. The highest BCUT2D eigenvalue weighted by molar-refractivity contribution is 7.22. The Morgan fingerprint density at radius 2 is 0.500 bits per heavy atom. The summed E-state index contributed by atoms with van der Waals surface area (Å²) in [5.74, 6) is 0. The zero-order chi connectivity index (χ0) is 5.41. The number of hydrogen-bond donors (Lipinski definition) is 0. The van der Waals surface area contributed by atoms with E-state index in [2.05, 4.69) is 0 Å². The Balaban J connectivity index is -0.00000000571. The van der Waals surface area contributed by atoms with E-state index in [0.717, 1.165) is 0 Å². The molecular weight excluding hydrogens is 254 g/mol. The van der Waals surface area contributed by atoms with Crippen LogP contribution in [-0.2, 0) is 0 Å². The lowest BCUT2D eigenvalue weighted by atomic mass is 16.0. The van der Waals surface area contributed by atoms with Gasteiger partial charge in [0.05, 0.1) is 0 Å². The van der Waals surface area contributed by atoms with Crippen LogP contribution in [0.3, 0.4) is 0 Å². The molecule has 0 rings (SSSR count). The van der Waals surface area contributed by atoms with Crippen LogP contribution in [0.4, 0.5) is 0 Å². The van der Waals surface area contributed by atoms with Gasteiger partial charge in [-0.1, -0.05) is 0 Å². The predicted octanol–water partition coefficient (Wildman–Crippen LogP) is -1.30. The molecule has 0 atom stereocenters. The predicted molar refractivity (Wildman–Crippen MR) is 49.4 cm³/mol. The monoisotopic (exact) mass is 260 g/mol. The van der Waals surface area contributed by atoms with Crippen molar-refractivity contribution in [2.24, 2.45) is 0 Å². The highest BCUT2D eigenvalue weighted by Gasteiger charge is 1.65. The van der Waals surface area contributed by atoms with Gasteiger partial charge in [-0.25, -0.2) is 0 Å². The van der Waals surface area contributed by atoms with Crippen LogP contribution in [0.25, 0.3) is 0 Å². The van der Waals surface area contributed by atoms with Gasteiger partial charge in [0.2, 0.25) is 0 Å². The Labute approximate surface area is 93.3 Å². The van der Waals surface area contributed by atoms with E-state index >= 15 is 0 Å². The average Bonchev–Trinajstić information content (AvgIpc) is 1.39. The third-order valence-corrected chi connectivity index (χ3v) is 0. The number of halogens is 4. The fourth-order valence-electron chi connectivity index (χ4n) is 0. The minimum atomic E-state index is -0.639. The van der Waals surface area contributed by atoms with Gasteiger partial charge in [-0.2, -0.15) is 0 Å². The Morgan fingerprint density at radius 3 is 0.500 bits per heavy atom. The summed E-state index contributed by atoms with van der Waals surface area (Å²) >= 11 is -1.28. The summed E-state index contributed by atoms with van der Waals surface area (Å²) in [7, 11) is 19.6. The molecule has 0 aliphatic rings. The molecule has 0 fully saturated rings. The second-order valence-electron chi connectivity index (χ2n) is 0.202. The molecule has 0 saturated heterocycles. The first kappa shape index (κ1) is 39.1. The minimum absolute atomic E-state index is 0. The molecule has 8 N–H and O–H groups in total. The lowest BCUT2D eigenvalue weighted by Gasteiger charge is -1.33.